The molecular weight excluding hydrogens is 561 g/mol. The van der Waals surface area contributed by atoms with Crippen LogP contribution >= 0.6 is 23.2 Å². The highest BCUT2D eigenvalue weighted by Crippen LogP contribution is 2.32. The van der Waals surface area contributed by atoms with Gasteiger partial charge in [0.2, 0.25) is 11.8 Å². The molecule has 3 aromatic carbocycles. The molecule has 3 aromatic rings. The fourth-order valence-corrected chi connectivity index (χ4v) is 5.76. The van der Waals surface area contributed by atoms with Crippen LogP contribution in [-0.4, -0.2) is 51.4 Å². The van der Waals surface area contributed by atoms with E-state index in [1.807, 2.05) is 6.92 Å². The Morgan fingerprint density at radius 3 is 2.33 bits per heavy atom. The molecule has 11 heteroatoms. The van der Waals surface area contributed by atoms with Crippen molar-refractivity contribution in [2.24, 2.45) is 0 Å². The van der Waals surface area contributed by atoms with Crippen LogP contribution in [0.2, 0.25) is 10.0 Å². The highest BCUT2D eigenvalue weighted by atomic mass is 35.5. The number of amides is 2. The number of benzene rings is 3. The Bertz CT molecular complexity index is 1400. The molecule has 0 radical (unpaired) electrons. The second-order valence-electron chi connectivity index (χ2n) is 8.76. The number of carbonyl (C=O) groups excluding carboxylic acids is 2. The van der Waals surface area contributed by atoms with E-state index in [0.29, 0.717) is 22.9 Å². The Hall–Kier alpha value is -3.27. The van der Waals surface area contributed by atoms with E-state index >= 15 is 0 Å². The standard InChI is InChI=1S/C28H31Cl2N3O5S/c1-4-15-31-28(35)20(2)32(18-21-9-8-10-22(29)16-21)27(34)19-33(23-13-14-26(38-3)25(30)17-23)39(36,37)24-11-6-5-7-12-24/h5-14,16-17,20H,4,15,18-19H2,1-3H3,(H,31,35). The minimum absolute atomic E-state index is 0.000121. The van der Waals surface area contributed by atoms with Gasteiger partial charge in [-0.05, 0) is 61.4 Å². The van der Waals surface area contributed by atoms with E-state index in [9.17, 15) is 18.0 Å². The lowest BCUT2D eigenvalue weighted by atomic mass is 10.1. The number of rotatable bonds is 12. The van der Waals surface area contributed by atoms with Gasteiger partial charge in [-0.2, -0.15) is 0 Å². The number of methoxy groups -OCH3 is 1. The van der Waals surface area contributed by atoms with Crippen LogP contribution in [0.15, 0.2) is 77.7 Å². The fourth-order valence-electron chi connectivity index (χ4n) is 3.87. The predicted molar refractivity (Wildman–Crippen MR) is 154 cm³/mol. The van der Waals surface area contributed by atoms with Crippen molar-refractivity contribution >= 4 is 50.7 Å². The minimum Gasteiger partial charge on any atom is -0.495 e. The molecule has 208 valence electrons. The van der Waals surface area contributed by atoms with Crippen LogP contribution in [0, 0.1) is 0 Å². The zero-order chi connectivity index (χ0) is 28.6. The Labute approximate surface area is 239 Å². The molecule has 39 heavy (non-hydrogen) atoms. The lowest BCUT2D eigenvalue weighted by Crippen LogP contribution is -2.51. The van der Waals surface area contributed by atoms with Crippen LogP contribution in [0.3, 0.4) is 0 Å². The van der Waals surface area contributed by atoms with Crippen molar-refractivity contribution in [3.05, 3.63) is 88.4 Å². The van der Waals surface area contributed by atoms with Crippen molar-refractivity contribution in [1.82, 2.24) is 10.2 Å². The van der Waals surface area contributed by atoms with Crippen LogP contribution in [0.5, 0.6) is 5.75 Å². The molecular formula is C28H31Cl2N3O5S. The molecule has 1 N–H and O–H groups in total. The summed E-state index contributed by atoms with van der Waals surface area (Å²) in [5, 5.41) is 3.46. The van der Waals surface area contributed by atoms with E-state index in [2.05, 4.69) is 5.32 Å². The Morgan fingerprint density at radius 1 is 1.00 bits per heavy atom. The second-order valence-corrected chi connectivity index (χ2v) is 11.5. The summed E-state index contributed by atoms with van der Waals surface area (Å²) in [6.07, 6.45) is 0.724. The molecule has 1 unspecified atom stereocenters. The van der Waals surface area contributed by atoms with Crippen LogP contribution in [0.25, 0.3) is 0 Å². The third kappa shape index (κ3) is 7.65. The zero-order valence-electron chi connectivity index (χ0n) is 21.9. The van der Waals surface area contributed by atoms with E-state index < -0.39 is 28.5 Å². The Morgan fingerprint density at radius 2 is 1.72 bits per heavy atom. The maximum absolute atomic E-state index is 13.9. The SMILES string of the molecule is CCCNC(=O)C(C)N(Cc1cccc(Cl)c1)C(=O)CN(c1ccc(OC)c(Cl)c1)S(=O)(=O)c1ccccc1. The van der Waals surface area contributed by atoms with E-state index in [0.717, 1.165) is 10.7 Å². The zero-order valence-corrected chi connectivity index (χ0v) is 24.3. The van der Waals surface area contributed by atoms with Crippen LogP contribution < -0.4 is 14.4 Å². The number of nitrogens with zero attached hydrogens (tertiary/aromatic N) is 2. The molecule has 0 spiro atoms. The van der Waals surface area contributed by atoms with Gasteiger partial charge >= 0.3 is 0 Å². The van der Waals surface area contributed by atoms with Crippen LogP contribution in [0.1, 0.15) is 25.8 Å². The van der Waals surface area contributed by atoms with Gasteiger partial charge in [-0.25, -0.2) is 8.42 Å². The van der Waals surface area contributed by atoms with E-state index in [-0.39, 0.29) is 28.1 Å². The molecule has 0 aliphatic carbocycles. The van der Waals surface area contributed by atoms with Crippen molar-refractivity contribution < 1.29 is 22.7 Å². The largest absolute Gasteiger partial charge is 0.495 e. The van der Waals surface area contributed by atoms with Gasteiger partial charge in [-0.1, -0.05) is 60.5 Å². The summed E-state index contributed by atoms with van der Waals surface area (Å²) in [6.45, 7) is 3.44. The van der Waals surface area contributed by atoms with E-state index in [4.69, 9.17) is 27.9 Å². The van der Waals surface area contributed by atoms with Crippen LogP contribution in [-0.2, 0) is 26.2 Å². The summed E-state index contributed by atoms with van der Waals surface area (Å²) in [4.78, 5) is 28.1. The number of nitrogens with one attached hydrogen (secondary N) is 1. The van der Waals surface area contributed by atoms with Gasteiger partial charge in [0, 0.05) is 18.1 Å². The average molecular weight is 593 g/mol. The maximum Gasteiger partial charge on any atom is 0.264 e. The van der Waals surface area contributed by atoms with Crippen molar-refractivity contribution in [2.45, 2.75) is 37.8 Å². The normalized spacial score (nSPS) is 11.9. The lowest BCUT2D eigenvalue weighted by molar-refractivity contribution is -0.139. The summed E-state index contributed by atoms with van der Waals surface area (Å²) in [5.74, 6) is -0.578. The van der Waals surface area contributed by atoms with Gasteiger partial charge < -0.3 is 15.0 Å². The number of ether oxygens (including phenoxy) is 1. The lowest BCUT2D eigenvalue weighted by Gasteiger charge is -2.32. The first-order valence-electron chi connectivity index (χ1n) is 12.3. The van der Waals surface area contributed by atoms with Crippen molar-refractivity contribution in [2.75, 3.05) is 24.5 Å². The Kier molecular flexibility index (Phi) is 10.6. The molecule has 8 nitrogen and oxygen atoms in total. The first-order chi connectivity index (χ1) is 18.6. The average Bonchev–Trinajstić information content (AvgIpc) is 2.93. The monoisotopic (exact) mass is 591 g/mol. The van der Waals surface area contributed by atoms with Gasteiger partial charge in [0.25, 0.3) is 10.0 Å². The number of anilines is 1. The molecule has 0 saturated carbocycles. The summed E-state index contributed by atoms with van der Waals surface area (Å²) in [6, 6.07) is 18.3. The topological polar surface area (TPSA) is 96.0 Å². The van der Waals surface area contributed by atoms with Crippen molar-refractivity contribution in [3.63, 3.8) is 0 Å². The molecule has 0 bridgehead atoms. The smallest absolute Gasteiger partial charge is 0.264 e. The van der Waals surface area contributed by atoms with Gasteiger partial charge in [0.1, 0.15) is 18.3 Å². The molecule has 1 atom stereocenters. The molecule has 0 aliphatic heterocycles. The van der Waals surface area contributed by atoms with Crippen LogP contribution in [0.4, 0.5) is 5.69 Å². The third-order valence-corrected chi connectivity index (χ3v) is 8.31. The van der Waals surface area contributed by atoms with E-state index in [1.165, 1.54) is 42.3 Å². The highest BCUT2D eigenvalue weighted by molar-refractivity contribution is 7.92. The predicted octanol–water partition coefficient (Wildman–Crippen LogP) is 5.14. The third-order valence-electron chi connectivity index (χ3n) is 5.99. The first-order valence-corrected chi connectivity index (χ1v) is 14.5. The molecule has 0 heterocycles. The van der Waals surface area contributed by atoms with Gasteiger partial charge in [-0.3, -0.25) is 13.9 Å². The van der Waals surface area contributed by atoms with E-state index in [1.54, 1.807) is 49.4 Å². The second kappa shape index (κ2) is 13.7. The van der Waals surface area contributed by atoms with Crippen molar-refractivity contribution in [1.29, 1.82) is 0 Å². The molecule has 3 rings (SSSR count). The van der Waals surface area contributed by atoms with Gasteiger partial charge in [0.15, 0.2) is 0 Å². The summed E-state index contributed by atoms with van der Waals surface area (Å²) in [5.41, 5.74) is 0.861. The number of hydrogen-bond acceptors (Lipinski definition) is 5. The minimum atomic E-state index is -4.19. The number of carbonyl (C=O) groups is 2. The summed E-state index contributed by atoms with van der Waals surface area (Å²) in [7, 11) is -2.75. The molecule has 0 fully saturated rings. The van der Waals surface area contributed by atoms with Gasteiger partial charge in [-0.15, -0.1) is 0 Å². The van der Waals surface area contributed by atoms with Gasteiger partial charge in [0.05, 0.1) is 22.7 Å². The first kappa shape index (κ1) is 30.3. The maximum atomic E-state index is 13.9. The number of hydrogen-bond donors (Lipinski definition) is 1. The Balaban J connectivity index is 2.04. The summed E-state index contributed by atoms with van der Waals surface area (Å²) < 4.78 is 33.8. The summed E-state index contributed by atoms with van der Waals surface area (Å²) >= 11 is 12.5. The molecule has 2 amide bonds. The molecule has 0 aromatic heterocycles. The number of halogens is 2. The number of sulfonamides is 1. The molecule has 0 saturated heterocycles. The van der Waals surface area contributed by atoms with Crippen molar-refractivity contribution in [3.8, 4) is 5.75 Å². The highest BCUT2D eigenvalue weighted by Gasteiger charge is 2.32. The quantitative estimate of drug-likeness (QED) is 0.314. The molecule has 0 aliphatic rings. The fraction of sp³-hybridized carbons (Fsp3) is 0.286.